The summed E-state index contributed by atoms with van der Waals surface area (Å²) in [6.07, 6.45) is -4.85. The van der Waals surface area contributed by atoms with E-state index in [1.807, 2.05) is 67.6 Å². The topological polar surface area (TPSA) is 70.7 Å². The van der Waals surface area contributed by atoms with Crippen LogP contribution >= 0.6 is 0 Å². The molecule has 0 aliphatic carbocycles. The Balaban J connectivity index is 1.59. The highest BCUT2D eigenvalue weighted by molar-refractivity contribution is 5.50. The van der Waals surface area contributed by atoms with Crippen molar-refractivity contribution in [3.63, 3.8) is 0 Å². The maximum atomic E-state index is 15.0. The number of alkyl halides is 3. The van der Waals surface area contributed by atoms with Crippen LogP contribution < -0.4 is 16.1 Å². The molecule has 1 N–H and O–H groups in total. The number of benzene rings is 3. The van der Waals surface area contributed by atoms with Crippen LogP contribution in [0.5, 0.6) is 0 Å². The summed E-state index contributed by atoms with van der Waals surface area (Å²) in [6, 6.07) is 21.4. The number of halogens is 4. The fraction of sp³-hybridized carbons (Fsp3) is 0.353. The van der Waals surface area contributed by atoms with Crippen LogP contribution in [-0.2, 0) is 25.8 Å². The Morgan fingerprint density at radius 2 is 1.56 bits per heavy atom. The van der Waals surface area contributed by atoms with E-state index in [1.54, 1.807) is 4.90 Å². The van der Waals surface area contributed by atoms with Crippen molar-refractivity contribution in [1.82, 2.24) is 14.0 Å². The monoisotopic (exact) mass is 624 g/mol. The number of hydrogen-bond acceptors (Lipinski definition) is 5. The van der Waals surface area contributed by atoms with Crippen molar-refractivity contribution in [2.45, 2.75) is 51.6 Å². The Hall–Kier alpha value is -4.22. The molecular weight excluding hydrogens is 588 g/mol. The molecule has 1 fully saturated rings. The predicted octanol–water partition coefficient (Wildman–Crippen LogP) is 5.01. The van der Waals surface area contributed by atoms with Crippen LogP contribution in [0.3, 0.4) is 0 Å². The van der Waals surface area contributed by atoms with E-state index < -0.39 is 40.9 Å². The molecule has 0 spiro atoms. The minimum atomic E-state index is -4.85. The van der Waals surface area contributed by atoms with Gasteiger partial charge in [0.25, 0.3) is 5.56 Å². The number of anilines is 1. The van der Waals surface area contributed by atoms with E-state index in [0.717, 1.165) is 38.5 Å². The van der Waals surface area contributed by atoms with Crippen LogP contribution in [0.15, 0.2) is 88.5 Å². The van der Waals surface area contributed by atoms with Gasteiger partial charge in [0.15, 0.2) is 0 Å². The van der Waals surface area contributed by atoms with Gasteiger partial charge in [-0.15, -0.1) is 0 Å². The van der Waals surface area contributed by atoms with E-state index in [-0.39, 0.29) is 43.0 Å². The summed E-state index contributed by atoms with van der Waals surface area (Å²) in [5.74, 6) is -1.38. The van der Waals surface area contributed by atoms with Gasteiger partial charge in [-0.2, -0.15) is 13.2 Å². The average Bonchev–Trinajstić information content (AvgIpc) is 3.03. The van der Waals surface area contributed by atoms with Gasteiger partial charge in [-0.05, 0) is 36.1 Å². The van der Waals surface area contributed by atoms with E-state index in [9.17, 15) is 32.3 Å². The van der Waals surface area contributed by atoms with Crippen molar-refractivity contribution in [3.05, 3.63) is 133 Å². The first kappa shape index (κ1) is 32.2. The SMILES string of the molecule is Cc1c(N2CCN(Cc3ccccc3)C(CO)C2)c(=O)n(C[C@H](C)c2ccccc2)c(=O)n1Cc1c(F)cccc1C(F)(F)F. The molecular formula is C34H36F4N4O3. The van der Waals surface area contributed by atoms with Gasteiger partial charge in [0.05, 0.1) is 24.8 Å². The third kappa shape index (κ3) is 6.89. The largest absolute Gasteiger partial charge is 0.416 e. The fourth-order valence-electron chi connectivity index (χ4n) is 6.10. The molecule has 0 bridgehead atoms. The molecule has 4 aromatic rings. The minimum Gasteiger partial charge on any atom is -0.395 e. The third-order valence-electron chi connectivity index (χ3n) is 8.58. The van der Waals surface area contributed by atoms with Gasteiger partial charge < -0.3 is 10.0 Å². The molecule has 11 heteroatoms. The molecule has 0 amide bonds. The molecule has 1 saturated heterocycles. The van der Waals surface area contributed by atoms with E-state index in [4.69, 9.17) is 0 Å². The summed E-state index contributed by atoms with van der Waals surface area (Å²) in [6.45, 7) is 4.13. The third-order valence-corrected chi connectivity index (χ3v) is 8.58. The molecule has 1 aliphatic rings. The van der Waals surface area contributed by atoms with Gasteiger partial charge >= 0.3 is 11.9 Å². The Morgan fingerprint density at radius 1 is 0.889 bits per heavy atom. The van der Waals surface area contributed by atoms with Gasteiger partial charge in [-0.1, -0.05) is 73.7 Å². The first-order valence-corrected chi connectivity index (χ1v) is 14.9. The maximum Gasteiger partial charge on any atom is 0.416 e. The van der Waals surface area contributed by atoms with E-state index in [0.29, 0.717) is 19.6 Å². The van der Waals surface area contributed by atoms with Gasteiger partial charge in [0, 0.05) is 44.0 Å². The second kappa shape index (κ2) is 13.4. The number of aliphatic hydroxyl groups is 1. The molecule has 5 rings (SSSR count). The quantitative estimate of drug-likeness (QED) is 0.265. The zero-order valence-electron chi connectivity index (χ0n) is 25.2. The van der Waals surface area contributed by atoms with Crippen molar-refractivity contribution in [2.75, 3.05) is 31.1 Å². The number of rotatable bonds is 9. The van der Waals surface area contributed by atoms with Crippen molar-refractivity contribution in [1.29, 1.82) is 0 Å². The lowest BCUT2D eigenvalue weighted by Crippen LogP contribution is -2.56. The van der Waals surface area contributed by atoms with E-state index in [1.165, 1.54) is 6.92 Å². The lowest BCUT2D eigenvalue weighted by atomic mass is 10.0. The Kier molecular flexibility index (Phi) is 9.59. The molecule has 1 unspecified atom stereocenters. The second-order valence-electron chi connectivity index (χ2n) is 11.5. The number of piperazine rings is 1. The fourth-order valence-corrected chi connectivity index (χ4v) is 6.10. The van der Waals surface area contributed by atoms with Crippen molar-refractivity contribution in [2.24, 2.45) is 0 Å². The van der Waals surface area contributed by atoms with Crippen molar-refractivity contribution < 1.29 is 22.7 Å². The summed E-state index contributed by atoms with van der Waals surface area (Å²) >= 11 is 0. The smallest absolute Gasteiger partial charge is 0.395 e. The molecule has 45 heavy (non-hydrogen) atoms. The summed E-state index contributed by atoms with van der Waals surface area (Å²) in [5, 5.41) is 10.3. The molecule has 3 aromatic carbocycles. The molecule has 2 atom stereocenters. The number of aliphatic hydroxyl groups excluding tert-OH is 1. The molecule has 1 aliphatic heterocycles. The van der Waals surface area contributed by atoms with Crippen molar-refractivity contribution in [3.8, 4) is 0 Å². The van der Waals surface area contributed by atoms with Gasteiger partial charge in [-0.25, -0.2) is 9.18 Å². The average molecular weight is 625 g/mol. The summed E-state index contributed by atoms with van der Waals surface area (Å²) < 4.78 is 58.9. The molecule has 7 nitrogen and oxygen atoms in total. The number of hydrogen-bond donors (Lipinski definition) is 1. The summed E-state index contributed by atoms with van der Waals surface area (Å²) in [4.78, 5) is 31.9. The molecule has 0 saturated carbocycles. The van der Waals surface area contributed by atoms with Crippen LogP contribution in [-0.4, -0.2) is 51.4 Å². The molecule has 2 heterocycles. The zero-order chi connectivity index (χ0) is 32.3. The predicted molar refractivity (Wildman–Crippen MR) is 165 cm³/mol. The minimum absolute atomic E-state index is 0.0320. The highest BCUT2D eigenvalue weighted by atomic mass is 19.4. The summed E-state index contributed by atoms with van der Waals surface area (Å²) in [7, 11) is 0. The zero-order valence-corrected chi connectivity index (χ0v) is 25.2. The van der Waals surface area contributed by atoms with E-state index >= 15 is 0 Å². The molecule has 1 aromatic heterocycles. The van der Waals surface area contributed by atoms with E-state index in [2.05, 4.69) is 4.90 Å². The number of aromatic nitrogens is 2. The normalized spacial score (nSPS) is 16.6. The van der Waals surface area contributed by atoms with Gasteiger partial charge in [0.1, 0.15) is 11.5 Å². The van der Waals surface area contributed by atoms with Crippen LogP contribution in [0, 0.1) is 12.7 Å². The van der Waals surface area contributed by atoms with Crippen LogP contribution in [0.1, 0.15) is 40.8 Å². The van der Waals surface area contributed by atoms with Crippen LogP contribution in [0.25, 0.3) is 0 Å². The standard InChI is InChI=1S/C34H36F4N4O3/c1-23(26-12-7-4-8-13-26)18-42-32(44)31(40-17-16-39(27(20-40)22-43)19-25-10-5-3-6-11-25)24(2)41(33(42)45)21-28-29(34(36,37)38)14-9-15-30(28)35/h3-15,23,27,43H,16-22H2,1-2H3/t23-,27?/m0/s1. The highest BCUT2D eigenvalue weighted by Crippen LogP contribution is 2.34. The van der Waals surface area contributed by atoms with Crippen molar-refractivity contribution >= 4 is 5.69 Å². The first-order chi connectivity index (χ1) is 21.5. The lowest BCUT2D eigenvalue weighted by Gasteiger charge is -2.42. The second-order valence-corrected chi connectivity index (χ2v) is 11.5. The Bertz CT molecular complexity index is 1740. The highest BCUT2D eigenvalue weighted by Gasteiger charge is 2.36. The lowest BCUT2D eigenvalue weighted by molar-refractivity contribution is -0.138. The molecule has 238 valence electrons. The number of nitrogens with zero attached hydrogens (tertiary/aromatic N) is 4. The van der Waals surface area contributed by atoms with Crippen LogP contribution in [0.4, 0.5) is 23.2 Å². The van der Waals surface area contributed by atoms with Gasteiger partial charge in [-0.3, -0.25) is 18.8 Å². The maximum absolute atomic E-state index is 15.0. The van der Waals surface area contributed by atoms with Crippen LogP contribution in [0.2, 0.25) is 0 Å². The summed E-state index contributed by atoms with van der Waals surface area (Å²) in [5.41, 5.74) is -1.02. The van der Waals surface area contributed by atoms with Gasteiger partial charge in [0.2, 0.25) is 0 Å². The first-order valence-electron chi connectivity index (χ1n) is 14.9. The Morgan fingerprint density at radius 3 is 2.20 bits per heavy atom. The molecule has 0 radical (unpaired) electrons. The Labute approximate surface area is 258 Å².